The lowest BCUT2D eigenvalue weighted by Crippen LogP contribution is -2.30. The fourth-order valence-corrected chi connectivity index (χ4v) is 4.41. The minimum Gasteiger partial charge on any atom is -0.338 e. The summed E-state index contributed by atoms with van der Waals surface area (Å²) in [5, 5.41) is 5.20. The van der Waals surface area contributed by atoms with Crippen molar-refractivity contribution in [3.8, 4) is 0 Å². The number of aryl methyl sites for hydroxylation is 2. The van der Waals surface area contributed by atoms with Crippen LogP contribution in [0.1, 0.15) is 33.7 Å². The van der Waals surface area contributed by atoms with E-state index in [1.165, 1.54) is 11.8 Å². The maximum absolute atomic E-state index is 13.0. The average molecular weight is 433 g/mol. The molecule has 1 saturated heterocycles. The Labute approximate surface area is 180 Å². The molecule has 0 spiro atoms. The summed E-state index contributed by atoms with van der Waals surface area (Å²) in [5.41, 5.74) is 9.44. The van der Waals surface area contributed by atoms with E-state index in [0.29, 0.717) is 29.1 Å². The Kier molecular flexibility index (Phi) is 6.77. The van der Waals surface area contributed by atoms with Crippen LogP contribution in [0.3, 0.4) is 0 Å². The Morgan fingerprint density at radius 1 is 1.28 bits per heavy atom. The highest BCUT2D eigenvalue weighted by Gasteiger charge is 2.27. The number of nitrogens with zero attached hydrogens (tertiary/aromatic N) is 5. The summed E-state index contributed by atoms with van der Waals surface area (Å²) in [7, 11) is 0. The van der Waals surface area contributed by atoms with Crippen LogP contribution < -0.4 is 5.73 Å². The Balaban J connectivity index is 0.00000240. The number of carbonyl (C=O) groups excluding carboxylic acids is 1. The SMILES string of the molecule is Cc1cc(C)n2nc(SCc3ccccc3C(=O)N3CCC(CN)C3)nc2n1.Cl. The Bertz CT molecular complexity index is 1020. The van der Waals surface area contributed by atoms with Crippen molar-refractivity contribution in [2.24, 2.45) is 11.7 Å². The van der Waals surface area contributed by atoms with Crippen molar-refractivity contribution in [3.63, 3.8) is 0 Å². The lowest BCUT2D eigenvalue weighted by molar-refractivity contribution is 0.0787. The van der Waals surface area contributed by atoms with Crippen LogP contribution in [-0.2, 0) is 5.75 Å². The summed E-state index contributed by atoms with van der Waals surface area (Å²) in [4.78, 5) is 23.9. The van der Waals surface area contributed by atoms with Gasteiger partial charge >= 0.3 is 0 Å². The molecule has 9 heteroatoms. The maximum atomic E-state index is 13.0. The zero-order chi connectivity index (χ0) is 19.7. The molecule has 1 unspecified atom stereocenters. The molecule has 0 bridgehead atoms. The van der Waals surface area contributed by atoms with Gasteiger partial charge in [0.05, 0.1) is 0 Å². The van der Waals surface area contributed by atoms with Crippen LogP contribution in [0.15, 0.2) is 35.5 Å². The molecule has 1 aliphatic heterocycles. The van der Waals surface area contributed by atoms with Gasteiger partial charge in [-0.15, -0.1) is 17.5 Å². The third-order valence-corrected chi connectivity index (χ3v) is 6.00. The number of rotatable bonds is 5. The van der Waals surface area contributed by atoms with Gasteiger partial charge in [-0.2, -0.15) is 4.98 Å². The van der Waals surface area contributed by atoms with Crippen molar-refractivity contribution in [2.75, 3.05) is 19.6 Å². The van der Waals surface area contributed by atoms with Gasteiger partial charge in [0.15, 0.2) is 0 Å². The topological polar surface area (TPSA) is 89.4 Å². The molecule has 0 radical (unpaired) electrons. The summed E-state index contributed by atoms with van der Waals surface area (Å²) < 4.78 is 1.75. The number of likely N-dealkylation sites (tertiary alicyclic amines) is 1. The van der Waals surface area contributed by atoms with Crippen molar-refractivity contribution >= 4 is 35.9 Å². The molecule has 1 atom stereocenters. The van der Waals surface area contributed by atoms with Crippen molar-refractivity contribution in [1.82, 2.24) is 24.5 Å². The monoisotopic (exact) mass is 432 g/mol. The Morgan fingerprint density at radius 3 is 2.83 bits per heavy atom. The molecule has 0 saturated carbocycles. The zero-order valence-electron chi connectivity index (χ0n) is 16.5. The Hall–Kier alpha value is -2.16. The van der Waals surface area contributed by atoms with Crippen molar-refractivity contribution in [1.29, 1.82) is 0 Å². The summed E-state index contributed by atoms with van der Waals surface area (Å²) in [6.07, 6.45) is 0.982. The lowest BCUT2D eigenvalue weighted by Gasteiger charge is -2.18. The first-order chi connectivity index (χ1) is 13.5. The van der Waals surface area contributed by atoms with Gasteiger partial charge in [0.25, 0.3) is 11.7 Å². The van der Waals surface area contributed by atoms with Crippen LogP contribution in [-0.4, -0.2) is 50.0 Å². The number of aromatic nitrogens is 4. The van der Waals surface area contributed by atoms with Gasteiger partial charge in [0.2, 0.25) is 5.16 Å². The molecule has 2 N–H and O–H groups in total. The van der Waals surface area contributed by atoms with E-state index < -0.39 is 0 Å². The Morgan fingerprint density at radius 2 is 2.07 bits per heavy atom. The van der Waals surface area contributed by atoms with Crippen LogP contribution >= 0.6 is 24.2 Å². The second kappa shape index (κ2) is 9.11. The molecule has 3 aromatic rings. The highest BCUT2D eigenvalue weighted by Crippen LogP contribution is 2.25. The molecule has 154 valence electrons. The van der Waals surface area contributed by atoms with Crippen LogP contribution in [0.2, 0.25) is 0 Å². The van der Waals surface area contributed by atoms with E-state index in [-0.39, 0.29) is 18.3 Å². The van der Waals surface area contributed by atoms with E-state index in [1.54, 1.807) is 4.52 Å². The fraction of sp³-hybridized carbons (Fsp3) is 0.400. The quantitative estimate of drug-likeness (QED) is 0.623. The molecule has 4 rings (SSSR count). The van der Waals surface area contributed by atoms with E-state index in [9.17, 15) is 4.79 Å². The molecule has 1 fully saturated rings. The van der Waals surface area contributed by atoms with Crippen LogP contribution in [0.25, 0.3) is 5.78 Å². The number of hydrogen-bond donors (Lipinski definition) is 1. The molecule has 7 nitrogen and oxygen atoms in total. The summed E-state index contributed by atoms with van der Waals surface area (Å²) in [5.74, 6) is 1.73. The third kappa shape index (κ3) is 4.55. The second-order valence-electron chi connectivity index (χ2n) is 7.23. The van der Waals surface area contributed by atoms with E-state index in [2.05, 4.69) is 15.1 Å². The van der Waals surface area contributed by atoms with E-state index in [1.807, 2.05) is 49.1 Å². The minimum absolute atomic E-state index is 0. The van der Waals surface area contributed by atoms with Crippen molar-refractivity contribution in [2.45, 2.75) is 31.2 Å². The first kappa shape index (κ1) is 21.5. The van der Waals surface area contributed by atoms with E-state index >= 15 is 0 Å². The molecular formula is C20H25ClN6OS. The fourth-order valence-electron chi connectivity index (χ4n) is 3.59. The largest absolute Gasteiger partial charge is 0.338 e. The summed E-state index contributed by atoms with van der Waals surface area (Å²) in [6, 6.07) is 9.76. The number of benzene rings is 1. The molecule has 1 amide bonds. The van der Waals surface area contributed by atoms with Gasteiger partial charge in [0.1, 0.15) is 0 Å². The van der Waals surface area contributed by atoms with Gasteiger partial charge in [-0.1, -0.05) is 30.0 Å². The van der Waals surface area contributed by atoms with Crippen molar-refractivity contribution < 1.29 is 4.79 Å². The minimum atomic E-state index is 0. The maximum Gasteiger partial charge on any atom is 0.254 e. The molecule has 0 aliphatic carbocycles. The molecule has 29 heavy (non-hydrogen) atoms. The molecule has 3 heterocycles. The first-order valence-corrected chi connectivity index (χ1v) is 10.4. The van der Waals surface area contributed by atoms with Crippen LogP contribution in [0, 0.1) is 19.8 Å². The number of amides is 1. The first-order valence-electron chi connectivity index (χ1n) is 9.46. The lowest BCUT2D eigenvalue weighted by atomic mass is 10.1. The average Bonchev–Trinajstić information content (AvgIpc) is 3.33. The zero-order valence-corrected chi connectivity index (χ0v) is 18.2. The second-order valence-corrected chi connectivity index (χ2v) is 8.17. The number of fused-ring (bicyclic) bond motifs is 1. The number of halogens is 1. The smallest absolute Gasteiger partial charge is 0.254 e. The van der Waals surface area contributed by atoms with E-state index in [4.69, 9.17) is 5.73 Å². The number of nitrogens with two attached hydrogens (primary N) is 1. The molecule has 1 aliphatic rings. The molecule has 2 aromatic heterocycles. The van der Waals surface area contributed by atoms with E-state index in [0.717, 1.165) is 42.0 Å². The predicted octanol–water partition coefficient (Wildman–Crippen LogP) is 2.88. The predicted molar refractivity (Wildman–Crippen MR) is 117 cm³/mol. The van der Waals surface area contributed by atoms with Crippen molar-refractivity contribution in [3.05, 3.63) is 52.8 Å². The summed E-state index contributed by atoms with van der Waals surface area (Å²) in [6.45, 7) is 6.09. The third-order valence-electron chi connectivity index (χ3n) is 5.11. The van der Waals surface area contributed by atoms with Gasteiger partial charge in [0, 0.05) is 35.8 Å². The summed E-state index contributed by atoms with van der Waals surface area (Å²) >= 11 is 1.52. The standard InChI is InChI=1S/C20H24N6OS.ClH/c1-13-9-14(2)26-19(22-13)23-20(24-26)28-12-16-5-3-4-6-17(16)18(27)25-8-7-15(10-21)11-25;/h3-6,9,15H,7-8,10-12,21H2,1-2H3;1H. The molecular weight excluding hydrogens is 408 g/mol. The van der Waals surface area contributed by atoms with Gasteiger partial charge in [-0.05, 0) is 50.4 Å². The highest BCUT2D eigenvalue weighted by molar-refractivity contribution is 7.98. The van der Waals surface area contributed by atoms with Crippen LogP contribution in [0.5, 0.6) is 0 Å². The molecule has 1 aromatic carbocycles. The van der Waals surface area contributed by atoms with Gasteiger partial charge in [-0.25, -0.2) is 9.50 Å². The van der Waals surface area contributed by atoms with Gasteiger partial charge in [-0.3, -0.25) is 4.79 Å². The number of hydrogen-bond acceptors (Lipinski definition) is 6. The number of thioether (sulfide) groups is 1. The van der Waals surface area contributed by atoms with Crippen LogP contribution in [0.4, 0.5) is 0 Å². The van der Waals surface area contributed by atoms with Gasteiger partial charge < -0.3 is 10.6 Å². The highest BCUT2D eigenvalue weighted by atomic mass is 35.5. The number of carbonyl (C=O) groups is 1. The normalized spacial score (nSPS) is 16.2.